The van der Waals surface area contributed by atoms with Gasteiger partial charge in [-0.1, -0.05) is 6.07 Å². The van der Waals surface area contributed by atoms with Crippen molar-refractivity contribution < 1.29 is 23.1 Å². The molecule has 0 amide bonds. The Morgan fingerprint density at radius 2 is 1.96 bits per heavy atom. The molecule has 0 atom stereocenters. The lowest BCUT2D eigenvalue weighted by Gasteiger charge is -2.08. The number of nitrogens with one attached hydrogen (secondary N) is 2. The molecule has 8 heteroatoms. The van der Waals surface area contributed by atoms with E-state index in [4.69, 9.17) is 5.11 Å². The largest absolute Gasteiger partial charge is 0.478 e. The van der Waals surface area contributed by atoms with Crippen LogP contribution in [0.5, 0.6) is 0 Å². The number of benzene rings is 2. The van der Waals surface area contributed by atoms with E-state index in [1.807, 2.05) is 0 Å². The van der Waals surface area contributed by atoms with Crippen LogP contribution in [0.1, 0.15) is 15.9 Å². The summed E-state index contributed by atoms with van der Waals surface area (Å²) < 4.78 is 38.1. The molecule has 118 valence electrons. The smallest absolute Gasteiger partial charge is 0.416 e. The fourth-order valence-corrected chi connectivity index (χ4v) is 2.11. The highest BCUT2D eigenvalue weighted by Gasteiger charge is 2.30. The third-order valence-electron chi connectivity index (χ3n) is 3.18. The zero-order valence-electron chi connectivity index (χ0n) is 11.5. The number of fused-ring (bicyclic) bond motifs is 1. The predicted octanol–water partition coefficient (Wildman–Crippen LogP) is 4.02. The molecule has 0 saturated carbocycles. The van der Waals surface area contributed by atoms with Crippen molar-refractivity contribution in [3.05, 3.63) is 53.6 Å². The van der Waals surface area contributed by atoms with Gasteiger partial charge in [0.1, 0.15) is 0 Å². The molecule has 2 aromatic carbocycles. The highest BCUT2D eigenvalue weighted by atomic mass is 19.4. The van der Waals surface area contributed by atoms with Gasteiger partial charge in [0.2, 0.25) is 5.95 Å². The third kappa shape index (κ3) is 3.10. The van der Waals surface area contributed by atoms with Crippen LogP contribution in [0.3, 0.4) is 0 Å². The monoisotopic (exact) mass is 321 g/mol. The van der Waals surface area contributed by atoms with Crippen LogP contribution >= 0.6 is 0 Å². The van der Waals surface area contributed by atoms with Crippen LogP contribution in [0.2, 0.25) is 0 Å². The number of carbonyl (C=O) groups is 1. The van der Waals surface area contributed by atoms with Crippen LogP contribution in [0.15, 0.2) is 42.5 Å². The van der Waals surface area contributed by atoms with Crippen molar-refractivity contribution >= 4 is 28.6 Å². The molecule has 0 spiro atoms. The number of aromatic nitrogens is 2. The summed E-state index contributed by atoms with van der Waals surface area (Å²) in [7, 11) is 0. The first-order valence-corrected chi connectivity index (χ1v) is 6.50. The van der Waals surface area contributed by atoms with Gasteiger partial charge in [-0.05, 0) is 36.4 Å². The molecule has 0 aliphatic heterocycles. The second-order valence-corrected chi connectivity index (χ2v) is 4.83. The van der Waals surface area contributed by atoms with Crippen molar-refractivity contribution in [3.8, 4) is 0 Å². The number of carboxylic acids is 1. The minimum atomic E-state index is -4.43. The van der Waals surface area contributed by atoms with Crippen molar-refractivity contribution in [3.63, 3.8) is 0 Å². The SMILES string of the molecule is O=C(O)c1ccc2nc(Nc3cccc(C(F)(F)F)c3)[nH]c2c1. The zero-order valence-corrected chi connectivity index (χ0v) is 11.5. The average Bonchev–Trinajstić information content (AvgIpc) is 2.87. The van der Waals surface area contributed by atoms with Crippen molar-refractivity contribution in [2.45, 2.75) is 6.18 Å². The number of carboxylic acid groups (broad SMARTS) is 1. The molecule has 1 heterocycles. The van der Waals surface area contributed by atoms with Crippen LogP contribution < -0.4 is 5.32 Å². The molecule has 0 bridgehead atoms. The molecule has 5 nitrogen and oxygen atoms in total. The first kappa shape index (κ1) is 14.9. The fourth-order valence-electron chi connectivity index (χ4n) is 2.11. The molecule has 3 aromatic rings. The number of halogens is 3. The summed E-state index contributed by atoms with van der Waals surface area (Å²) in [6.45, 7) is 0. The number of hydrogen-bond acceptors (Lipinski definition) is 3. The van der Waals surface area contributed by atoms with Crippen molar-refractivity contribution in [1.29, 1.82) is 0 Å². The Morgan fingerprint density at radius 1 is 1.17 bits per heavy atom. The number of rotatable bonds is 3. The molecule has 0 unspecified atom stereocenters. The number of alkyl halides is 3. The molecule has 3 N–H and O–H groups in total. The van der Waals surface area contributed by atoms with Crippen LogP contribution in [0.25, 0.3) is 11.0 Å². The molecule has 0 fully saturated rings. The second kappa shape index (κ2) is 5.31. The van der Waals surface area contributed by atoms with Gasteiger partial charge in [0.15, 0.2) is 0 Å². The van der Waals surface area contributed by atoms with Crippen molar-refractivity contribution in [2.24, 2.45) is 0 Å². The van der Waals surface area contributed by atoms with E-state index in [0.29, 0.717) is 11.0 Å². The van der Waals surface area contributed by atoms with Crippen LogP contribution in [-0.2, 0) is 6.18 Å². The van der Waals surface area contributed by atoms with Gasteiger partial charge in [-0.3, -0.25) is 0 Å². The van der Waals surface area contributed by atoms with Crippen LogP contribution in [0, 0.1) is 0 Å². The lowest BCUT2D eigenvalue weighted by Crippen LogP contribution is -2.05. The van der Waals surface area contributed by atoms with Gasteiger partial charge in [-0.15, -0.1) is 0 Å². The van der Waals surface area contributed by atoms with Gasteiger partial charge in [0.05, 0.1) is 22.2 Å². The summed E-state index contributed by atoms with van der Waals surface area (Å²) >= 11 is 0. The Labute approximate surface area is 127 Å². The van der Waals surface area contributed by atoms with Crippen molar-refractivity contribution in [2.75, 3.05) is 5.32 Å². The molecule has 0 saturated heterocycles. The first-order chi connectivity index (χ1) is 10.8. The van der Waals surface area contributed by atoms with E-state index in [9.17, 15) is 18.0 Å². The summed E-state index contributed by atoms with van der Waals surface area (Å²) in [5.74, 6) is -0.851. The number of anilines is 2. The number of nitrogens with zero attached hydrogens (tertiary/aromatic N) is 1. The maximum absolute atomic E-state index is 12.7. The van der Waals surface area contributed by atoms with Gasteiger partial charge in [-0.25, -0.2) is 9.78 Å². The molecule has 23 heavy (non-hydrogen) atoms. The first-order valence-electron chi connectivity index (χ1n) is 6.50. The zero-order chi connectivity index (χ0) is 16.6. The maximum atomic E-state index is 12.7. The number of hydrogen-bond donors (Lipinski definition) is 3. The minimum Gasteiger partial charge on any atom is -0.478 e. The summed E-state index contributed by atoms with van der Waals surface area (Å²) in [6.07, 6.45) is -4.43. The molecule has 3 rings (SSSR count). The summed E-state index contributed by atoms with van der Waals surface area (Å²) in [5, 5.41) is 11.7. The van der Waals surface area contributed by atoms with E-state index >= 15 is 0 Å². The summed E-state index contributed by atoms with van der Waals surface area (Å²) in [6, 6.07) is 9.04. The number of imidazole rings is 1. The van der Waals surface area contributed by atoms with Gasteiger partial charge in [-0.2, -0.15) is 13.2 Å². The van der Waals surface area contributed by atoms with Gasteiger partial charge in [0, 0.05) is 5.69 Å². The Morgan fingerprint density at radius 3 is 2.65 bits per heavy atom. The van der Waals surface area contributed by atoms with E-state index in [2.05, 4.69) is 15.3 Å². The highest BCUT2D eigenvalue weighted by molar-refractivity contribution is 5.92. The van der Waals surface area contributed by atoms with E-state index < -0.39 is 17.7 Å². The van der Waals surface area contributed by atoms with Gasteiger partial charge >= 0.3 is 12.1 Å². The van der Waals surface area contributed by atoms with Crippen molar-refractivity contribution in [1.82, 2.24) is 9.97 Å². The number of H-pyrrole nitrogens is 1. The van der Waals surface area contributed by atoms with Crippen LogP contribution in [-0.4, -0.2) is 21.0 Å². The Bertz CT molecular complexity index is 887. The molecule has 0 aliphatic rings. The van der Waals surface area contributed by atoms with E-state index in [0.717, 1.165) is 12.1 Å². The lowest BCUT2D eigenvalue weighted by atomic mass is 10.2. The molecule has 0 aliphatic carbocycles. The Kier molecular flexibility index (Phi) is 3.44. The van der Waals surface area contributed by atoms with E-state index in [-0.39, 0.29) is 17.2 Å². The Hall–Kier alpha value is -3.03. The predicted molar refractivity (Wildman–Crippen MR) is 77.8 cm³/mol. The normalized spacial score (nSPS) is 11.6. The molecular formula is C15H10F3N3O2. The number of aromatic carboxylic acids is 1. The molecule has 1 aromatic heterocycles. The third-order valence-corrected chi connectivity index (χ3v) is 3.18. The average molecular weight is 321 g/mol. The summed E-state index contributed by atoms with van der Waals surface area (Å²) in [5.41, 5.74) is 0.514. The fraction of sp³-hybridized carbons (Fsp3) is 0.0667. The quantitative estimate of drug-likeness (QED) is 0.681. The minimum absolute atomic E-state index is 0.0896. The maximum Gasteiger partial charge on any atom is 0.416 e. The molecular weight excluding hydrogens is 311 g/mol. The standard InChI is InChI=1S/C15H10F3N3O2/c16-15(17,18)9-2-1-3-10(7-9)19-14-20-11-5-4-8(13(22)23)6-12(11)21-14/h1-7H,(H,22,23)(H2,19,20,21). The topological polar surface area (TPSA) is 78.0 Å². The van der Waals surface area contributed by atoms with E-state index in [1.54, 1.807) is 0 Å². The van der Waals surface area contributed by atoms with Gasteiger partial charge < -0.3 is 15.4 Å². The Balaban J connectivity index is 1.91. The summed E-state index contributed by atoms with van der Waals surface area (Å²) in [4.78, 5) is 17.9. The van der Waals surface area contributed by atoms with E-state index in [1.165, 1.54) is 30.3 Å². The van der Waals surface area contributed by atoms with Gasteiger partial charge in [0.25, 0.3) is 0 Å². The number of aromatic amines is 1. The van der Waals surface area contributed by atoms with Crippen LogP contribution in [0.4, 0.5) is 24.8 Å². The second-order valence-electron chi connectivity index (χ2n) is 4.83. The highest BCUT2D eigenvalue weighted by Crippen LogP contribution is 2.31. The lowest BCUT2D eigenvalue weighted by molar-refractivity contribution is -0.137. The molecule has 0 radical (unpaired) electrons.